The molecule has 1 saturated carbocycles. The predicted octanol–water partition coefficient (Wildman–Crippen LogP) is 3.67. The maximum absolute atomic E-state index is 12.6. The molecule has 0 saturated heterocycles. The van der Waals surface area contributed by atoms with Gasteiger partial charge >= 0.3 is 0 Å². The molecule has 0 unspecified atom stereocenters. The van der Waals surface area contributed by atoms with Gasteiger partial charge in [0, 0.05) is 18.7 Å². The van der Waals surface area contributed by atoms with Crippen LogP contribution in [0, 0.1) is 26.2 Å². The van der Waals surface area contributed by atoms with Crippen LogP contribution in [0.1, 0.15) is 65.6 Å². The molecule has 3 heteroatoms. The number of aliphatic hydroxyl groups is 1. The lowest BCUT2D eigenvalue weighted by molar-refractivity contribution is 0.0868. The van der Waals surface area contributed by atoms with Crippen LogP contribution >= 0.6 is 0 Å². The van der Waals surface area contributed by atoms with E-state index < -0.39 is 0 Å². The average Bonchev–Trinajstić information content (AvgIpc) is 2.45. The van der Waals surface area contributed by atoms with E-state index in [9.17, 15) is 9.90 Å². The van der Waals surface area contributed by atoms with Gasteiger partial charge in [0.15, 0.2) is 0 Å². The van der Waals surface area contributed by atoms with Gasteiger partial charge < -0.3 is 10.4 Å². The first-order valence-corrected chi connectivity index (χ1v) is 8.44. The molecular weight excluding hydrogens is 274 g/mol. The normalized spacial score (nSPS) is 17.3. The summed E-state index contributed by atoms with van der Waals surface area (Å²) < 4.78 is 0. The highest BCUT2D eigenvalue weighted by Gasteiger charge is 2.32. The molecule has 0 spiro atoms. The van der Waals surface area contributed by atoms with Crippen LogP contribution in [-0.2, 0) is 0 Å². The van der Waals surface area contributed by atoms with Crippen LogP contribution in [0.4, 0.5) is 0 Å². The van der Waals surface area contributed by atoms with Crippen molar-refractivity contribution < 1.29 is 9.90 Å². The zero-order valence-electron chi connectivity index (χ0n) is 14.2. The second-order valence-electron chi connectivity index (χ2n) is 6.99. The summed E-state index contributed by atoms with van der Waals surface area (Å²) in [5.74, 6) is 0.0258. The summed E-state index contributed by atoms with van der Waals surface area (Å²) in [5.41, 5.74) is 4.16. The fourth-order valence-corrected chi connectivity index (χ4v) is 3.95. The number of carbonyl (C=O) groups excluding carboxylic acids is 1. The number of hydrogen-bond acceptors (Lipinski definition) is 2. The van der Waals surface area contributed by atoms with E-state index in [-0.39, 0.29) is 17.9 Å². The molecule has 1 aliphatic rings. The second kappa shape index (κ2) is 7.28. The Balaban J connectivity index is 2.08. The van der Waals surface area contributed by atoms with Crippen molar-refractivity contribution in [2.75, 3.05) is 13.2 Å². The van der Waals surface area contributed by atoms with E-state index in [0.29, 0.717) is 6.54 Å². The Morgan fingerprint density at radius 3 is 2.27 bits per heavy atom. The molecule has 1 amide bonds. The highest BCUT2D eigenvalue weighted by atomic mass is 16.3. The van der Waals surface area contributed by atoms with Gasteiger partial charge in [-0.15, -0.1) is 0 Å². The van der Waals surface area contributed by atoms with Gasteiger partial charge in [0.2, 0.25) is 0 Å². The predicted molar refractivity (Wildman–Crippen MR) is 90.2 cm³/mol. The molecule has 1 aromatic carbocycles. The summed E-state index contributed by atoms with van der Waals surface area (Å²) in [6.45, 7) is 6.94. The molecule has 0 aliphatic heterocycles. The minimum atomic E-state index is 0.0258. The van der Waals surface area contributed by atoms with Crippen molar-refractivity contribution in [2.24, 2.45) is 5.41 Å². The topological polar surface area (TPSA) is 49.3 Å². The van der Waals surface area contributed by atoms with Gasteiger partial charge in [-0.2, -0.15) is 0 Å². The second-order valence-corrected chi connectivity index (χ2v) is 6.99. The van der Waals surface area contributed by atoms with Crippen LogP contribution in [0.25, 0.3) is 0 Å². The summed E-state index contributed by atoms with van der Waals surface area (Å²) in [5, 5.41) is 12.5. The Labute approximate surface area is 134 Å². The number of nitrogens with one attached hydrogen (secondary N) is 1. The minimum absolute atomic E-state index is 0.0258. The highest BCUT2D eigenvalue weighted by Crippen LogP contribution is 2.38. The van der Waals surface area contributed by atoms with Crippen LogP contribution in [-0.4, -0.2) is 24.2 Å². The maximum Gasteiger partial charge on any atom is 0.251 e. The van der Waals surface area contributed by atoms with E-state index in [1.807, 2.05) is 13.8 Å². The summed E-state index contributed by atoms with van der Waals surface area (Å²) in [6, 6.07) is 4.12. The van der Waals surface area contributed by atoms with Crippen LogP contribution in [0.3, 0.4) is 0 Å². The molecular formula is C19H29NO2. The molecule has 1 aliphatic carbocycles. The van der Waals surface area contributed by atoms with Gasteiger partial charge in [-0.3, -0.25) is 4.79 Å². The summed E-state index contributed by atoms with van der Waals surface area (Å²) in [7, 11) is 0. The van der Waals surface area contributed by atoms with E-state index in [4.69, 9.17) is 0 Å². The summed E-state index contributed by atoms with van der Waals surface area (Å²) in [4.78, 5) is 12.6. The van der Waals surface area contributed by atoms with E-state index in [0.717, 1.165) is 36.0 Å². The van der Waals surface area contributed by atoms with Crippen molar-refractivity contribution in [3.05, 3.63) is 34.4 Å². The average molecular weight is 303 g/mol. The fourth-order valence-electron chi connectivity index (χ4n) is 3.95. The van der Waals surface area contributed by atoms with Gasteiger partial charge in [0.05, 0.1) is 0 Å². The molecule has 3 nitrogen and oxygen atoms in total. The smallest absolute Gasteiger partial charge is 0.251 e. The molecule has 22 heavy (non-hydrogen) atoms. The molecule has 0 bridgehead atoms. The first kappa shape index (κ1) is 17.0. The van der Waals surface area contributed by atoms with Crippen molar-refractivity contribution >= 4 is 5.91 Å². The Morgan fingerprint density at radius 2 is 1.73 bits per heavy atom. The molecule has 0 heterocycles. The standard InChI is InChI=1S/C19H29NO2/c1-14-11-15(2)17(16(3)12-14)18(22)20-13-19(9-10-21)7-5-4-6-8-19/h11-12,21H,4-10,13H2,1-3H3,(H,20,22). The zero-order valence-corrected chi connectivity index (χ0v) is 14.2. The monoisotopic (exact) mass is 303 g/mol. The Bertz CT molecular complexity index is 502. The molecule has 2 N–H and O–H groups in total. The molecule has 2 rings (SSSR count). The van der Waals surface area contributed by atoms with Crippen molar-refractivity contribution in [2.45, 2.75) is 59.3 Å². The lowest BCUT2D eigenvalue weighted by Crippen LogP contribution is -2.40. The lowest BCUT2D eigenvalue weighted by atomic mass is 9.72. The van der Waals surface area contributed by atoms with Crippen LogP contribution in [0.5, 0.6) is 0 Å². The lowest BCUT2D eigenvalue weighted by Gasteiger charge is -2.37. The van der Waals surface area contributed by atoms with Crippen molar-refractivity contribution in [3.8, 4) is 0 Å². The fraction of sp³-hybridized carbons (Fsp3) is 0.632. The highest BCUT2D eigenvalue weighted by molar-refractivity contribution is 5.97. The first-order valence-electron chi connectivity index (χ1n) is 8.44. The maximum atomic E-state index is 12.6. The molecule has 0 atom stereocenters. The Morgan fingerprint density at radius 1 is 1.14 bits per heavy atom. The van der Waals surface area contributed by atoms with Gasteiger partial charge in [0.1, 0.15) is 0 Å². The van der Waals surface area contributed by atoms with Gasteiger partial charge in [-0.1, -0.05) is 37.0 Å². The molecule has 122 valence electrons. The zero-order chi connectivity index (χ0) is 16.2. The van der Waals surface area contributed by atoms with Crippen LogP contribution in [0.2, 0.25) is 0 Å². The van der Waals surface area contributed by atoms with Crippen molar-refractivity contribution in [3.63, 3.8) is 0 Å². The quantitative estimate of drug-likeness (QED) is 0.872. The van der Waals surface area contributed by atoms with E-state index >= 15 is 0 Å². The summed E-state index contributed by atoms with van der Waals surface area (Å²) >= 11 is 0. The third kappa shape index (κ3) is 3.89. The van der Waals surface area contributed by atoms with Crippen molar-refractivity contribution in [1.82, 2.24) is 5.32 Å². The van der Waals surface area contributed by atoms with E-state index in [2.05, 4.69) is 24.4 Å². The van der Waals surface area contributed by atoms with Gasteiger partial charge in [0.25, 0.3) is 5.91 Å². The number of amides is 1. The van der Waals surface area contributed by atoms with Gasteiger partial charge in [-0.25, -0.2) is 0 Å². The third-order valence-electron chi connectivity index (χ3n) is 5.08. The van der Waals surface area contributed by atoms with Crippen molar-refractivity contribution in [1.29, 1.82) is 0 Å². The largest absolute Gasteiger partial charge is 0.396 e. The van der Waals surface area contributed by atoms with Gasteiger partial charge in [-0.05, 0) is 56.6 Å². The first-order chi connectivity index (χ1) is 10.5. The molecule has 1 fully saturated rings. The Hall–Kier alpha value is -1.35. The minimum Gasteiger partial charge on any atom is -0.396 e. The number of carbonyl (C=O) groups is 1. The SMILES string of the molecule is Cc1cc(C)c(C(=O)NCC2(CCO)CCCCC2)c(C)c1. The molecule has 0 aromatic heterocycles. The number of hydrogen-bond donors (Lipinski definition) is 2. The molecule has 0 radical (unpaired) electrons. The number of rotatable bonds is 5. The van der Waals surface area contributed by atoms with Crippen LogP contribution in [0.15, 0.2) is 12.1 Å². The number of benzene rings is 1. The van der Waals surface area contributed by atoms with E-state index in [1.165, 1.54) is 24.8 Å². The Kier molecular flexibility index (Phi) is 5.63. The third-order valence-corrected chi connectivity index (χ3v) is 5.08. The molecule has 1 aromatic rings. The summed E-state index contributed by atoms with van der Waals surface area (Å²) in [6.07, 6.45) is 6.70. The van der Waals surface area contributed by atoms with E-state index in [1.54, 1.807) is 0 Å². The van der Waals surface area contributed by atoms with Crippen LogP contribution < -0.4 is 5.32 Å². The number of aliphatic hydroxyl groups excluding tert-OH is 1. The number of aryl methyl sites for hydroxylation is 3.